The lowest BCUT2D eigenvalue weighted by Gasteiger charge is -2.44. The minimum atomic E-state index is -0.299. The largest absolute Gasteiger partial charge is 0.352 e. The molecule has 1 amide bonds. The number of aromatic amines is 1. The Bertz CT molecular complexity index is 1130. The molecule has 166 valence electrons. The van der Waals surface area contributed by atoms with Crippen molar-refractivity contribution in [3.8, 4) is 0 Å². The Morgan fingerprint density at radius 3 is 2.56 bits per heavy atom. The van der Waals surface area contributed by atoms with E-state index in [2.05, 4.69) is 20.4 Å². The molecule has 0 unspecified atom stereocenters. The number of fused-ring (bicyclic) bond motifs is 4. The number of halogens is 1. The Kier molecular flexibility index (Phi) is 5.74. The van der Waals surface area contributed by atoms with Gasteiger partial charge in [0.15, 0.2) is 5.78 Å². The number of hydrogen-bond donors (Lipinski definition) is 2. The highest BCUT2D eigenvalue weighted by Gasteiger charge is 2.35. The first kappa shape index (κ1) is 20.8. The summed E-state index contributed by atoms with van der Waals surface area (Å²) < 4.78 is 13.0. The Morgan fingerprint density at radius 1 is 1.09 bits per heavy atom. The van der Waals surface area contributed by atoms with Gasteiger partial charge in [0, 0.05) is 24.9 Å². The molecule has 0 aliphatic carbocycles. The van der Waals surface area contributed by atoms with Gasteiger partial charge in [-0.1, -0.05) is 18.2 Å². The summed E-state index contributed by atoms with van der Waals surface area (Å²) >= 11 is 0. The molecule has 3 fully saturated rings. The molecule has 2 N–H and O–H groups in total. The van der Waals surface area contributed by atoms with Crippen molar-refractivity contribution in [3.05, 3.63) is 65.1 Å². The van der Waals surface area contributed by atoms with Gasteiger partial charge in [-0.25, -0.2) is 4.39 Å². The molecule has 4 heterocycles. The van der Waals surface area contributed by atoms with Crippen LogP contribution in [0.4, 0.5) is 4.39 Å². The predicted molar refractivity (Wildman–Crippen MR) is 120 cm³/mol. The number of hydrogen-bond acceptors (Lipinski definition) is 4. The normalized spacial score (nSPS) is 22.2. The van der Waals surface area contributed by atoms with Crippen molar-refractivity contribution >= 4 is 22.6 Å². The molecular weight excluding hydrogens is 407 g/mol. The van der Waals surface area contributed by atoms with Gasteiger partial charge in [0.2, 0.25) is 5.91 Å². The van der Waals surface area contributed by atoms with Gasteiger partial charge in [-0.05, 0) is 73.2 Å². The highest BCUT2D eigenvalue weighted by molar-refractivity contribution is 6.06. The monoisotopic (exact) mass is 434 g/mol. The van der Waals surface area contributed by atoms with E-state index in [9.17, 15) is 14.0 Å². The molecule has 0 saturated carbocycles. The van der Waals surface area contributed by atoms with Gasteiger partial charge in [-0.3, -0.25) is 14.7 Å². The van der Waals surface area contributed by atoms with Crippen molar-refractivity contribution in [3.63, 3.8) is 0 Å². The SMILES string of the molecule is O=C(Cc1ccc2[nH]nc(C(=O)C[C@@H]3CN4CCC3CC4)c2c1)NCc1ccc(F)cc1. The van der Waals surface area contributed by atoms with Crippen LogP contribution in [-0.4, -0.2) is 46.4 Å². The van der Waals surface area contributed by atoms with E-state index in [4.69, 9.17) is 0 Å². The summed E-state index contributed by atoms with van der Waals surface area (Å²) in [5.41, 5.74) is 2.95. The molecule has 3 aliphatic heterocycles. The second-order valence-electron chi connectivity index (χ2n) is 9.06. The zero-order chi connectivity index (χ0) is 22.1. The van der Waals surface area contributed by atoms with Crippen LogP contribution >= 0.6 is 0 Å². The third-order valence-corrected chi connectivity index (χ3v) is 6.90. The minimum Gasteiger partial charge on any atom is -0.352 e. The Labute approximate surface area is 186 Å². The van der Waals surface area contributed by atoms with Crippen LogP contribution in [-0.2, 0) is 17.8 Å². The van der Waals surface area contributed by atoms with Crippen LogP contribution in [0.1, 0.15) is 40.9 Å². The number of rotatable bonds is 7. The fourth-order valence-electron chi connectivity index (χ4n) is 5.09. The zero-order valence-corrected chi connectivity index (χ0v) is 17.9. The molecule has 32 heavy (non-hydrogen) atoms. The fraction of sp³-hybridized carbons (Fsp3) is 0.400. The Hall–Kier alpha value is -3.06. The quantitative estimate of drug-likeness (QED) is 0.558. The molecule has 7 heteroatoms. The highest BCUT2D eigenvalue weighted by Crippen LogP contribution is 2.35. The summed E-state index contributed by atoms with van der Waals surface area (Å²) in [7, 11) is 0. The van der Waals surface area contributed by atoms with Gasteiger partial charge >= 0.3 is 0 Å². The van der Waals surface area contributed by atoms with Gasteiger partial charge in [-0.15, -0.1) is 0 Å². The molecule has 0 spiro atoms. The molecule has 6 nitrogen and oxygen atoms in total. The van der Waals surface area contributed by atoms with E-state index in [1.807, 2.05) is 18.2 Å². The first-order valence-corrected chi connectivity index (χ1v) is 11.3. The lowest BCUT2D eigenvalue weighted by Crippen LogP contribution is -2.47. The number of benzene rings is 2. The first-order chi connectivity index (χ1) is 15.5. The van der Waals surface area contributed by atoms with E-state index >= 15 is 0 Å². The molecule has 1 aromatic heterocycles. The molecule has 2 aromatic carbocycles. The average molecular weight is 435 g/mol. The van der Waals surface area contributed by atoms with Crippen LogP contribution in [0, 0.1) is 17.7 Å². The number of carbonyl (C=O) groups excluding carboxylic acids is 2. The van der Waals surface area contributed by atoms with Crippen LogP contribution < -0.4 is 5.32 Å². The predicted octanol–water partition coefficient (Wildman–Crippen LogP) is 3.48. The topological polar surface area (TPSA) is 78.1 Å². The van der Waals surface area contributed by atoms with Crippen molar-refractivity contribution in [2.24, 2.45) is 11.8 Å². The van der Waals surface area contributed by atoms with E-state index in [1.165, 1.54) is 25.0 Å². The summed E-state index contributed by atoms with van der Waals surface area (Å²) in [5, 5.41) is 10.9. The second kappa shape index (κ2) is 8.82. The van der Waals surface area contributed by atoms with Crippen molar-refractivity contribution in [1.82, 2.24) is 20.4 Å². The zero-order valence-electron chi connectivity index (χ0n) is 17.9. The molecule has 2 bridgehead atoms. The first-order valence-electron chi connectivity index (χ1n) is 11.3. The van der Waals surface area contributed by atoms with Crippen LogP contribution in [0.3, 0.4) is 0 Å². The molecule has 0 radical (unpaired) electrons. The van der Waals surface area contributed by atoms with Crippen molar-refractivity contribution in [2.75, 3.05) is 19.6 Å². The number of H-pyrrole nitrogens is 1. The van der Waals surface area contributed by atoms with Crippen LogP contribution in [0.15, 0.2) is 42.5 Å². The van der Waals surface area contributed by atoms with E-state index in [0.29, 0.717) is 30.5 Å². The maximum absolute atomic E-state index is 13.1. The molecule has 3 saturated heterocycles. The van der Waals surface area contributed by atoms with Crippen LogP contribution in [0.2, 0.25) is 0 Å². The van der Waals surface area contributed by atoms with Gasteiger partial charge in [0.25, 0.3) is 0 Å². The Balaban J connectivity index is 1.24. The number of ketones is 1. The van der Waals surface area contributed by atoms with Crippen molar-refractivity contribution < 1.29 is 14.0 Å². The smallest absolute Gasteiger partial charge is 0.224 e. The highest BCUT2D eigenvalue weighted by atomic mass is 19.1. The summed E-state index contributed by atoms with van der Waals surface area (Å²) in [6.07, 6.45) is 3.12. The van der Waals surface area contributed by atoms with Gasteiger partial charge in [0.1, 0.15) is 11.5 Å². The summed E-state index contributed by atoms with van der Waals surface area (Å²) in [4.78, 5) is 27.9. The number of amides is 1. The summed E-state index contributed by atoms with van der Waals surface area (Å²) in [5.74, 6) is 0.712. The lowest BCUT2D eigenvalue weighted by molar-refractivity contribution is -0.120. The fourth-order valence-corrected chi connectivity index (χ4v) is 5.09. The summed E-state index contributed by atoms with van der Waals surface area (Å²) in [6, 6.07) is 11.7. The molecule has 6 rings (SSSR count). The van der Waals surface area contributed by atoms with E-state index in [0.717, 1.165) is 41.7 Å². The van der Waals surface area contributed by atoms with Gasteiger partial charge < -0.3 is 10.2 Å². The molecular formula is C25H27FN4O2. The Morgan fingerprint density at radius 2 is 1.84 bits per heavy atom. The van der Waals surface area contributed by atoms with Crippen LogP contribution in [0.25, 0.3) is 10.9 Å². The van der Waals surface area contributed by atoms with E-state index in [-0.39, 0.29) is 23.9 Å². The van der Waals surface area contributed by atoms with E-state index < -0.39 is 0 Å². The third kappa shape index (κ3) is 4.43. The van der Waals surface area contributed by atoms with E-state index in [1.54, 1.807) is 12.1 Å². The number of Topliss-reactive ketones (excluding diaryl/α,β-unsaturated/α-hetero) is 1. The van der Waals surface area contributed by atoms with Crippen LogP contribution in [0.5, 0.6) is 0 Å². The number of nitrogens with zero attached hydrogens (tertiary/aromatic N) is 2. The maximum atomic E-state index is 13.1. The third-order valence-electron chi connectivity index (χ3n) is 6.90. The average Bonchev–Trinajstić information content (AvgIpc) is 3.23. The number of piperidine rings is 3. The van der Waals surface area contributed by atoms with Crippen molar-refractivity contribution in [1.29, 1.82) is 0 Å². The van der Waals surface area contributed by atoms with Gasteiger partial charge in [-0.2, -0.15) is 5.10 Å². The molecule has 1 atom stereocenters. The summed E-state index contributed by atoms with van der Waals surface area (Å²) in [6.45, 7) is 3.68. The van der Waals surface area contributed by atoms with Gasteiger partial charge in [0.05, 0.1) is 11.9 Å². The maximum Gasteiger partial charge on any atom is 0.224 e. The van der Waals surface area contributed by atoms with Crippen molar-refractivity contribution in [2.45, 2.75) is 32.2 Å². The second-order valence-corrected chi connectivity index (χ2v) is 9.06. The standard InChI is InChI=1S/C25H27FN4O2/c26-20-4-1-16(2-5-20)14-27-24(32)12-17-3-6-22-21(11-17)25(29-28-22)23(31)13-19-15-30-9-7-18(19)8-10-30/h1-6,11,18-19H,7-10,12-15H2,(H,27,32)(H,28,29)/t19-/m1/s1. The number of carbonyl (C=O) groups is 2. The number of nitrogens with one attached hydrogen (secondary N) is 2. The number of aromatic nitrogens is 2. The lowest BCUT2D eigenvalue weighted by atomic mass is 9.76. The minimum absolute atomic E-state index is 0.0768. The molecule has 3 aromatic rings. The molecule has 3 aliphatic rings.